The van der Waals surface area contributed by atoms with Gasteiger partial charge >= 0.3 is 0 Å². The van der Waals surface area contributed by atoms with Crippen LogP contribution in [0.4, 0.5) is 0 Å². The maximum atomic E-state index is 12.2. The number of hydrogen-bond acceptors (Lipinski definition) is 4. The van der Waals surface area contributed by atoms with Crippen molar-refractivity contribution in [3.05, 3.63) is 11.9 Å². The number of nitrogens with zero attached hydrogens (tertiary/aromatic N) is 3. The Labute approximate surface area is 123 Å². The Kier molecular flexibility index (Phi) is 3.77. The highest BCUT2D eigenvalue weighted by Crippen LogP contribution is 2.38. The summed E-state index contributed by atoms with van der Waals surface area (Å²) < 4.78 is 7.63. The van der Waals surface area contributed by atoms with E-state index in [1.165, 1.54) is 0 Å². The number of carbonyl (C=O) groups is 1. The zero-order valence-electron chi connectivity index (χ0n) is 12.1. The molecule has 0 N–H and O–H groups in total. The lowest BCUT2D eigenvalue weighted by Crippen LogP contribution is -2.46. The van der Waals surface area contributed by atoms with E-state index in [4.69, 9.17) is 4.74 Å². The number of likely N-dealkylation sites (tertiary alicyclic amines) is 1. The van der Waals surface area contributed by atoms with Crippen molar-refractivity contribution in [2.75, 3.05) is 26.0 Å². The normalized spacial score (nSPS) is 26.7. The number of piperidine rings is 1. The number of amides is 1. The predicted molar refractivity (Wildman–Crippen MR) is 77.5 cm³/mol. The van der Waals surface area contributed by atoms with Crippen LogP contribution in [0.1, 0.15) is 25.0 Å². The van der Waals surface area contributed by atoms with E-state index in [1.54, 1.807) is 11.8 Å². The minimum absolute atomic E-state index is 0.203. The van der Waals surface area contributed by atoms with E-state index in [9.17, 15) is 4.79 Å². The van der Waals surface area contributed by atoms with Crippen molar-refractivity contribution in [1.82, 2.24) is 14.5 Å². The number of hydrogen-bond donors (Lipinski definition) is 0. The first-order chi connectivity index (χ1) is 9.63. The van der Waals surface area contributed by atoms with Crippen LogP contribution in [-0.2, 0) is 23.1 Å². The fraction of sp³-hybridized carbons (Fsp3) is 0.714. The summed E-state index contributed by atoms with van der Waals surface area (Å²) in [4.78, 5) is 18.5. The molecule has 0 aliphatic carbocycles. The average molecular weight is 295 g/mol. The monoisotopic (exact) mass is 295 g/mol. The van der Waals surface area contributed by atoms with E-state index in [1.807, 2.05) is 24.4 Å². The van der Waals surface area contributed by atoms with Crippen molar-refractivity contribution in [3.8, 4) is 0 Å². The van der Waals surface area contributed by atoms with Crippen LogP contribution in [-0.4, -0.2) is 46.4 Å². The molecule has 5 nitrogen and oxygen atoms in total. The molecule has 3 rings (SSSR count). The van der Waals surface area contributed by atoms with Gasteiger partial charge in [0.2, 0.25) is 5.91 Å². The Morgan fingerprint density at radius 2 is 2.35 bits per heavy atom. The molecule has 6 heteroatoms. The molecule has 0 radical (unpaired) electrons. The van der Waals surface area contributed by atoms with Gasteiger partial charge in [-0.1, -0.05) is 11.8 Å². The third-order valence-corrected chi connectivity index (χ3v) is 5.25. The zero-order chi connectivity index (χ0) is 14.2. The summed E-state index contributed by atoms with van der Waals surface area (Å²) in [5.74, 6) is 0.259. The fourth-order valence-electron chi connectivity index (χ4n) is 3.18. The van der Waals surface area contributed by atoms with Crippen LogP contribution in [0.5, 0.6) is 0 Å². The second-order valence-electron chi connectivity index (χ2n) is 5.85. The molecule has 3 heterocycles. The standard InChI is InChI=1S/C14H21N3O2S/c1-16-11(7-15-13(16)20-2)8-17-9-14(4-3-12(17)18)5-6-19-10-14/h7H,3-6,8-10H2,1-2H3/t14-/m0/s1. The highest BCUT2D eigenvalue weighted by Gasteiger charge is 2.41. The van der Waals surface area contributed by atoms with Crippen molar-refractivity contribution in [3.63, 3.8) is 0 Å². The van der Waals surface area contributed by atoms with E-state index >= 15 is 0 Å². The number of aromatic nitrogens is 2. The van der Waals surface area contributed by atoms with Gasteiger partial charge in [0.05, 0.1) is 25.0 Å². The summed E-state index contributed by atoms with van der Waals surface area (Å²) in [6.07, 6.45) is 6.60. The molecule has 0 aromatic carbocycles. The number of rotatable bonds is 3. The molecule has 2 fully saturated rings. The second kappa shape index (κ2) is 5.41. The number of imidazole rings is 1. The summed E-state index contributed by atoms with van der Waals surface area (Å²) in [7, 11) is 2.01. The summed E-state index contributed by atoms with van der Waals surface area (Å²) in [6, 6.07) is 0. The second-order valence-corrected chi connectivity index (χ2v) is 6.62. The maximum Gasteiger partial charge on any atom is 0.222 e. The molecule has 2 saturated heterocycles. The van der Waals surface area contributed by atoms with E-state index in [0.29, 0.717) is 13.0 Å². The van der Waals surface area contributed by atoms with Crippen LogP contribution in [0.15, 0.2) is 11.4 Å². The van der Waals surface area contributed by atoms with Gasteiger partial charge in [-0.15, -0.1) is 0 Å². The first-order valence-corrected chi connectivity index (χ1v) is 8.26. The Morgan fingerprint density at radius 1 is 1.50 bits per heavy atom. The van der Waals surface area contributed by atoms with Crippen molar-refractivity contribution < 1.29 is 9.53 Å². The lowest BCUT2D eigenvalue weighted by atomic mass is 9.79. The Bertz CT molecular complexity index is 509. The first-order valence-electron chi connectivity index (χ1n) is 7.04. The summed E-state index contributed by atoms with van der Waals surface area (Å²) in [5.41, 5.74) is 1.30. The van der Waals surface area contributed by atoms with Gasteiger partial charge in [0, 0.05) is 32.0 Å². The van der Waals surface area contributed by atoms with E-state index in [-0.39, 0.29) is 11.3 Å². The smallest absolute Gasteiger partial charge is 0.222 e. The highest BCUT2D eigenvalue weighted by atomic mass is 32.2. The third kappa shape index (κ3) is 2.46. The van der Waals surface area contributed by atoms with Gasteiger partial charge in [0.15, 0.2) is 5.16 Å². The number of thioether (sulfide) groups is 1. The molecule has 0 saturated carbocycles. The molecule has 1 spiro atoms. The number of carbonyl (C=O) groups excluding carboxylic acids is 1. The maximum absolute atomic E-state index is 12.2. The molecule has 110 valence electrons. The minimum atomic E-state index is 0.203. The van der Waals surface area contributed by atoms with Crippen LogP contribution in [0.25, 0.3) is 0 Å². The summed E-state index contributed by atoms with van der Waals surface area (Å²) in [5, 5.41) is 0.989. The van der Waals surface area contributed by atoms with Crippen molar-refractivity contribution in [2.45, 2.75) is 31.0 Å². The average Bonchev–Trinajstić information content (AvgIpc) is 3.03. The molecule has 1 aromatic rings. The van der Waals surface area contributed by atoms with Crippen LogP contribution >= 0.6 is 11.8 Å². The fourth-order valence-corrected chi connectivity index (χ4v) is 3.72. The van der Waals surface area contributed by atoms with Crippen molar-refractivity contribution >= 4 is 17.7 Å². The van der Waals surface area contributed by atoms with Gasteiger partial charge < -0.3 is 14.2 Å². The lowest BCUT2D eigenvalue weighted by molar-refractivity contribution is -0.138. The topological polar surface area (TPSA) is 47.4 Å². The minimum Gasteiger partial charge on any atom is -0.381 e. The molecule has 0 bridgehead atoms. The zero-order valence-corrected chi connectivity index (χ0v) is 12.9. The Morgan fingerprint density at radius 3 is 3.00 bits per heavy atom. The van der Waals surface area contributed by atoms with Crippen LogP contribution in [0.2, 0.25) is 0 Å². The quantitative estimate of drug-likeness (QED) is 0.796. The van der Waals surface area contributed by atoms with E-state index < -0.39 is 0 Å². The molecule has 1 atom stereocenters. The van der Waals surface area contributed by atoms with Gasteiger partial charge in [0.1, 0.15) is 0 Å². The SMILES string of the molecule is CSc1ncc(CN2C[C@@]3(CCOC3)CCC2=O)n1C. The molecule has 1 amide bonds. The van der Waals surface area contributed by atoms with Crippen LogP contribution in [0.3, 0.4) is 0 Å². The molecule has 1 aromatic heterocycles. The van der Waals surface area contributed by atoms with Gasteiger partial charge in [-0.05, 0) is 19.1 Å². The van der Waals surface area contributed by atoms with Crippen molar-refractivity contribution in [1.29, 1.82) is 0 Å². The lowest BCUT2D eigenvalue weighted by Gasteiger charge is -2.39. The summed E-state index contributed by atoms with van der Waals surface area (Å²) in [6.45, 7) is 3.12. The Hall–Kier alpha value is -1.01. The van der Waals surface area contributed by atoms with Gasteiger partial charge in [-0.25, -0.2) is 4.98 Å². The molecule has 0 unspecified atom stereocenters. The number of ether oxygens (including phenoxy) is 1. The van der Waals surface area contributed by atoms with Gasteiger partial charge in [-0.2, -0.15) is 0 Å². The Balaban J connectivity index is 1.74. The van der Waals surface area contributed by atoms with Gasteiger partial charge in [-0.3, -0.25) is 4.79 Å². The molecular formula is C14H21N3O2S. The van der Waals surface area contributed by atoms with Crippen LogP contribution < -0.4 is 0 Å². The highest BCUT2D eigenvalue weighted by molar-refractivity contribution is 7.98. The summed E-state index contributed by atoms with van der Waals surface area (Å²) >= 11 is 1.63. The van der Waals surface area contributed by atoms with Gasteiger partial charge in [0.25, 0.3) is 0 Å². The van der Waals surface area contributed by atoms with Crippen LogP contribution in [0, 0.1) is 5.41 Å². The largest absolute Gasteiger partial charge is 0.381 e. The predicted octanol–water partition coefficient (Wildman–Crippen LogP) is 1.67. The molecule has 20 heavy (non-hydrogen) atoms. The molecule has 2 aliphatic heterocycles. The third-order valence-electron chi connectivity index (χ3n) is 4.51. The van der Waals surface area contributed by atoms with Crippen molar-refractivity contribution in [2.24, 2.45) is 12.5 Å². The molecule has 2 aliphatic rings. The first kappa shape index (κ1) is 13.9. The molecular weight excluding hydrogens is 274 g/mol. The van der Waals surface area contributed by atoms with E-state index in [2.05, 4.69) is 9.55 Å². The van der Waals surface area contributed by atoms with E-state index in [0.717, 1.165) is 43.5 Å².